The number of nitrogens with one attached hydrogen (secondary N) is 1. The lowest BCUT2D eigenvalue weighted by atomic mass is 9.93. The van der Waals surface area contributed by atoms with Crippen molar-refractivity contribution in [1.29, 1.82) is 0 Å². The maximum atomic E-state index is 15.0. The third-order valence-corrected chi connectivity index (χ3v) is 6.18. The van der Waals surface area contributed by atoms with Crippen LogP contribution in [0.5, 0.6) is 5.75 Å². The summed E-state index contributed by atoms with van der Waals surface area (Å²) < 4.78 is 20.7. The molecule has 0 aliphatic carbocycles. The molecule has 5 rings (SSSR count). The van der Waals surface area contributed by atoms with Crippen LogP contribution in [0, 0.1) is 19.7 Å². The van der Waals surface area contributed by atoms with Gasteiger partial charge in [0.15, 0.2) is 0 Å². The van der Waals surface area contributed by atoms with Gasteiger partial charge in [-0.05, 0) is 49.9 Å². The highest BCUT2D eigenvalue weighted by Crippen LogP contribution is 2.46. The third kappa shape index (κ3) is 3.20. The standard InChI is InChI=1S/C24H24FN3O3/c1-13-10-14(2)19(18(29)11-13)21-20-22(27-26-21)24(30)28(12-15-6-5-9-31-15)23(20)16-7-3-4-8-17(16)25/h3-4,7-8,10-11,15,23,29H,5-6,9,12H2,1-2H3,(H,26,27)/t15-,23-/m0/s1. The molecule has 7 heteroatoms. The molecule has 3 aromatic rings. The molecule has 160 valence electrons. The van der Waals surface area contributed by atoms with E-state index < -0.39 is 6.04 Å². The van der Waals surface area contributed by atoms with E-state index in [2.05, 4.69) is 10.2 Å². The SMILES string of the molecule is Cc1cc(C)c(-c2n[nH]c3c2[C@H](c2ccccc2F)N(C[C@@H]2CCCO2)C3=O)c(O)c1. The lowest BCUT2D eigenvalue weighted by Crippen LogP contribution is -2.36. The number of aromatic amines is 1. The highest BCUT2D eigenvalue weighted by molar-refractivity contribution is 6.00. The van der Waals surface area contributed by atoms with E-state index in [1.54, 1.807) is 29.2 Å². The van der Waals surface area contributed by atoms with Gasteiger partial charge in [-0.3, -0.25) is 9.89 Å². The predicted molar refractivity (Wildman–Crippen MR) is 113 cm³/mol. The van der Waals surface area contributed by atoms with Gasteiger partial charge in [0, 0.05) is 29.8 Å². The number of carbonyl (C=O) groups excluding carboxylic acids is 1. The van der Waals surface area contributed by atoms with Crippen LogP contribution >= 0.6 is 0 Å². The predicted octanol–water partition coefficient (Wildman–Crippen LogP) is 4.26. The van der Waals surface area contributed by atoms with E-state index in [0.717, 1.165) is 24.0 Å². The highest BCUT2D eigenvalue weighted by Gasteiger charge is 2.44. The van der Waals surface area contributed by atoms with Gasteiger partial charge in [0.2, 0.25) is 0 Å². The Morgan fingerprint density at radius 2 is 2.10 bits per heavy atom. The van der Waals surface area contributed by atoms with Gasteiger partial charge in [0.25, 0.3) is 5.91 Å². The second-order valence-electron chi connectivity index (χ2n) is 8.35. The minimum absolute atomic E-state index is 0.0758. The van der Waals surface area contributed by atoms with Gasteiger partial charge in [-0.2, -0.15) is 5.10 Å². The second-order valence-corrected chi connectivity index (χ2v) is 8.35. The van der Waals surface area contributed by atoms with Crippen molar-refractivity contribution in [3.63, 3.8) is 0 Å². The van der Waals surface area contributed by atoms with Gasteiger partial charge < -0.3 is 14.7 Å². The first kappa shape index (κ1) is 19.8. The first-order valence-corrected chi connectivity index (χ1v) is 10.5. The first-order valence-electron chi connectivity index (χ1n) is 10.5. The summed E-state index contributed by atoms with van der Waals surface area (Å²) in [5, 5.41) is 18.0. The molecule has 0 bridgehead atoms. The summed E-state index contributed by atoms with van der Waals surface area (Å²) in [6.07, 6.45) is 1.74. The number of hydrogen-bond donors (Lipinski definition) is 2. The van der Waals surface area contributed by atoms with Crippen molar-refractivity contribution in [3.05, 3.63) is 70.2 Å². The summed E-state index contributed by atoms with van der Waals surface area (Å²) in [4.78, 5) is 15.0. The number of halogens is 1. The number of ether oxygens (including phenoxy) is 1. The summed E-state index contributed by atoms with van der Waals surface area (Å²) in [6.45, 7) is 4.84. The van der Waals surface area contributed by atoms with E-state index in [0.29, 0.717) is 41.2 Å². The Hall–Kier alpha value is -3.19. The van der Waals surface area contributed by atoms with Crippen molar-refractivity contribution in [2.24, 2.45) is 0 Å². The molecule has 2 N–H and O–H groups in total. The van der Waals surface area contributed by atoms with E-state index in [-0.39, 0.29) is 23.6 Å². The van der Waals surface area contributed by atoms with Crippen molar-refractivity contribution in [2.45, 2.75) is 38.8 Å². The number of H-pyrrole nitrogens is 1. The molecule has 0 radical (unpaired) electrons. The van der Waals surface area contributed by atoms with E-state index in [1.807, 2.05) is 19.9 Å². The van der Waals surface area contributed by atoms with Crippen LogP contribution in [0.25, 0.3) is 11.3 Å². The zero-order chi connectivity index (χ0) is 21.7. The van der Waals surface area contributed by atoms with Crippen molar-refractivity contribution in [3.8, 4) is 17.0 Å². The van der Waals surface area contributed by atoms with Crippen LogP contribution < -0.4 is 0 Å². The number of aromatic nitrogens is 2. The zero-order valence-corrected chi connectivity index (χ0v) is 17.5. The Labute approximate surface area is 179 Å². The number of aromatic hydroxyl groups is 1. The van der Waals surface area contributed by atoms with Crippen LogP contribution in [-0.2, 0) is 4.74 Å². The van der Waals surface area contributed by atoms with E-state index in [1.165, 1.54) is 6.07 Å². The molecule has 3 heterocycles. The normalized spacial score (nSPS) is 20.5. The van der Waals surface area contributed by atoms with Gasteiger partial charge >= 0.3 is 0 Å². The molecule has 1 amide bonds. The Kier molecular flexibility index (Phi) is 4.78. The number of benzene rings is 2. The Morgan fingerprint density at radius 1 is 1.29 bits per heavy atom. The quantitative estimate of drug-likeness (QED) is 0.660. The monoisotopic (exact) mass is 421 g/mol. The number of rotatable bonds is 4. The van der Waals surface area contributed by atoms with Gasteiger partial charge in [0.05, 0.1) is 12.1 Å². The van der Waals surface area contributed by atoms with Crippen molar-refractivity contribution in [2.75, 3.05) is 13.2 Å². The molecule has 1 saturated heterocycles. The van der Waals surface area contributed by atoms with Crippen LogP contribution in [0.2, 0.25) is 0 Å². The minimum atomic E-state index is -0.651. The van der Waals surface area contributed by atoms with Crippen LogP contribution in [0.4, 0.5) is 4.39 Å². The van der Waals surface area contributed by atoms with E-state index >= 15 is 0 Å². The van der Waals surface area contributed by atoms with Gasteiger partial charge in [0.1, 0.15) is 23.0 Å². The fourth-order valence-corrected chi connectivity index (χ4v) is 4.86. The number of amides is 1. The Bertz CT molecular complexity index is 1140. The Morgan fingerprint density at radius 3 is 2.81 bits per heavy atom. The number of phenols is 1. The van der Waals surface area contributed by atoms with Crippen LogP contribution in [0.15, 0.2) is 36.4 Å². The van der Waals surface area contributed by atoms with Crippen LogP contribution in [0.1, 0.15) is 51.6 Å². The topological polar surface area (TPSA) is 78.5 Å². The minimum Gasteiger partial charge on any atom is -0.507 e. The maximum Gasteiger partial charge on any atom is 0.273 e. The molecule has 0 unspecified atom stereocenters. The summed E-state index contributed by atoms with van der Waals surface area (Å²) >= 11 is 0. The number of aryl methyl sites for hydroxylation is 2. The number of nitrogens with zero attached hydrogens (tertiary/aromatic N) is 2. The number of phenolic OH excluding ortho intramolecular Hbond substituents is 1. The lowest BCUT2D eigenvalue weighted by Gasteiger charge is -2.28. The van der Waals surface area contributed by atoms with E-state index in [9.17, 15) is 14.3 Å². The number of carbonyl (C=O) groups is 1. The smallest absolute Gasteiger partial charge is 0.273 e. The van der Waals surface area contributed by atoms with Gasteiger partial charge in [-0.25, -0.2) is 4.39 Å². The molecule has 0 spiro atoms. The average Bonchev–Trinajstić information content (AvgIpc) is 3.43. The molecule has 2 aliphatic rings. The first-order chi connectivity index (χ1) is 15.0. The second kappa shape index (κ2) is 7.50. The molecule has 2 aliphatic heterocycles. The molecule has 1 fully saturated rings. The van der Waals surface area contributed by atoms with E-state index in [4.69, 9.17) is 4.74 Å². The fourth-order valence-electron chi connectivity index (χ4n) is 4.86. The molecule has 2 atom stereocenters. The van der Waals surface area contributed by atoms with Crippen molar-refractivity contribution in [1.82, 2.24) is 15.1 Å². The zero-order valence-electron chi connectivity index (χ0n) is 17.5. The summed E-state index contributed by atoms with van der Waals surface area (Å²) in [5.74, 6) is -0.534. The number of fused-ring (bicyclic) bond motifs is 1. The number of hydrogen-bond acceptors (Lipinski definition) is 4. The molecular formula is C24H24FN3O3. The molecule has 6 nitrogen and oxygen atoms in total. The molecular weight excluding hydrogens is 397 g/mol. The van der Waals surface area contributed by atoms with Gasteiger partial charge in [-0.1, -0.05) is 24.3 Å². The summed E-state index contributed by atoms with van der Waals surface area (Å²) in [5.41, 5.74) is 4.12. The molecule has 31 heavy (non-hydrogen) atoms. The fraction of sp³-hybridized carbons (Fsp3) is 0.333. The van der Waals surface area contributed by atoms with Crippen molar-refractivity contribution < 1.29 is 19.0 Å². The molecule has 0 saturated carbocycles. The largest absolute Gasteiger partial charge is 0.507 e. The summed E-state index contributed by atoms with van der Waals surface area (Å²) in [6, 6.07) is 9.46. The highest BCUT2D eigenvalue weighted by atomic mass is 19.1. The van der Waals surface area contributed by atoms with Gasteiger partial charge in [-0.15, -0.1) is 0 Å². The average molecular weight is 421 g/mol. The van der Waals surface area contributed by atoms with Crippen LogP contribution in [-0.4, -0.2) is 45.4 Å². The third-order valence-electron chi connectivity index (χ3n) is 6.18. The van der Waals surface area contributed by atoms with Crippen LogP contribution in [0.3, 0.4) is 0 Å². The molecule has 2 aromatic carbocycles. The lowest BCUT2D eigenvalue weighted by molar-refractivity contribution is 0.0492. The van der Waals surface area contributed by atoms with Crippen molar-refractivity contribution >= 4 is 5.91 Å². The summed E-state index contributed by atoms with van der Waals surface area (Å²) in [7, 11) is 0. The molecule has 1 aromatic heterocycles. The maximum absolute atomic E-state index is 15.0. The Balaban J connectivity index is 1.69.